The molecule has 0 aromatic carbocycles. The summed E-state index contributed by atoms with van der Waals surface area (Å²) in [5.41, 5.74) is 0. The minimum absolute atomic E-state index is 0.0416. The first-order valence-corrected chi connectivity index (χ1v) is 22.4. The Hall–Kier alpha value is -2.12. The van der Waals surface area contributed by atoms with Gasteiger partial charge in [0.05, 0.1) is 11.8 Å². The Labute approximate surface area is 317 Å². The molecule has 10 unspecified atom stereocenters. The number of rotatable bonds is 19. The third-order valence-corrected chi connectivity index (χ3v) is 13.3. The van der Waals surface area contributed by atoms with E-state index in [1.54, 1.807) is 0 Å². The molecule has 4 saturated carbocycles. The summed E-state index contributed by atoms with van der Waals surface area (Å²) in [6.45, 7) is 8.88. The molecule has 4 rings (SSSR count). The molecule has 0 aliphatic heterocycles. The van der Waals surface area contributed by atoms with E-state index in [-0.39, 0.29) is 60.6 Å². The molecule has 10 atom stereocenters. The lowest BCUT2D eigenvalue weighted by atomic mass is 9.80. The minimum Gasteiger partial charge on any atom is -0.353 e. The van der Waals surface area contributed by atoms with Crippen molar-refractivity contribution in [1.82, 2.24) is 21.3 Å². The van der Waals surface area contributed by atoms with Crippen LogP contribution in [0, 0.1) is 35.5 Å². The van der Waals surface area contributed by atoms with Crippen LogP contribution in [-0.2, 0) is 19.2 Å². The molecular formula is C44H78N4O4. The van der Waals surface area contributed by atoms with Gasteiger partial charge in [0, 0.05) is 37.0 Å². The lowest BCUT2D eigenvalue weighted by molar-refractivity contribution is -0.141. The normalized spacial score (nSPS) is 30.8. The first-order chi connectivity index (χ1) is 25.2. The zero-order valence-corrected chi connectivity index (χ0v) is 33.8. The quantitative estimate of drug-likeness (QED) is 0.106. The smallest absolute Gasteiger partial charge is 0.224 e. The van der Waals surface area contributed by atoms with Crippen molar-refractivity contribution >= 4 is 23.6 Å². The molecular weight excluding hydrogens is 649 g/mol. The van der Waals surface area contributed by atoms with Gasteiger partial charge in [0.2, 0.25) is 23.6 Å². The van der Waals surface area contributed by atoms with Crippen molar-refractivity contribution in [1.29, 1.82) is 0 Å². The van der Waals surface area contributed by atoms with E-state index in [4.69, 9.17) is 0 Å². The second-order valence-corrected chi connectivity index (χ2v) is 17.8. The summed E-state index contributed by atoms with van der Waals surface area (Å²) in [5, 5.41) is 13.3. The predicted molar refractivity (Wildman–Crippen MR) is 211 cm³/mol. The average molecular weight is 727 g/mol. The molecule has 4 aliphatic carbocycles. The molecule has 4 amide bonds. The molecule has 4 N–H and O–H groups in total. The third kappa shape index (κ3) is 14.3. The van der Waals surface area contributed by atoms with Crippen molar-refractivity contribution in [2.45, 2.75) is 219 Å². The molecule has 52 heavy (non-hydrogen) atoms. The highest BCUT2D eigenvalue weighted by Crippen LogP contribution is 2.33. The van der Waals surface area contributed by atoms with Gasteiger partial charge in [0.15, 0.2) is 0 Å². The van der Waals surface area contributed by atoms with Crippen LogP contribution in [0.5, 0.6) is 0 Å². The van der Waals surface area contributed by atoms with Gasteiger partial charge in [-0.25, -0.2) is 0 Å². The second-order valence-electron chi connectivity index (χ2n) is 17.8. The molecule has 0 spiro atoms. The molecule has 4 aliphatic rings. The minimum atomic E-state index is -0.901. The topological polar surface area (TPSA) is 116 Å². The largest absolute Gasteiger partial charge is 0.353 e. The molecule has 8 nitrogen and oxygen atoms in total. The predicted octanol–water partition coefficient (Wildman–Crippen LogP) is 8.90. The Balaban J connectivity index is 1.55. The van der Waals surface area contributed by atoms with Crippen molar-refractivity contribution < 1.29 is 19.2 Å². The van der Waals surface area contributed by atoms with Gasteiger partial charge in [-0.2, -0.15) is 0 Å². The summed E-state index contributed by atoms with van der Waals surface area (Å²) in [4.78, 5) is 56.9. The van der Waals surface area contributed by atoms with Gasteiger partial charge >= 0.3 is 0 Å². The van der Waals surface area contributed by atoms with E-state index in [1.807, 2.05) is 0 Å². The van der Waals surface area contributed by atoms with Crippen molar-refractivity contribution in [3.63, 3.8) is 0 Å². The number of hydrogen-bond acceptors (Lipinski definition) is 4. The highest BCUT2D eigenvalue weighted by Gasteiger charge is 2.40. The maximum absolute atomic E-state index is 14.5. The van der Waals surface area contributed by atoms with Crippen molar-refractivity contribution in [3.8, 4) is 0 Å². The maximum Gasteiger partial charge on any atom is 0.224 e. The molecule has 0 bridgehead atoms. The fraction of sp³-hybridized carbons (Fsp3) is 0.909. The van der Waals surface area contributed by atoms with E-state index < -0.39 is 11.8 Å². The van der Waals surface area contributed by atoms with Crippen molar-refractivity contribution in [2.24, 2.45) is 35.5 Å². The van der Waals surface area contributed by atoms with Gasteiger partial charge in [0.1, 0.15) is 0 Å². The Kier molecular flexibility index (Phi) is 18.8. The molecule has 8 heteroatoms. The number of nitrogens with one attached hydrogen (secondary N) is 4. The van der Waals surface area contributed by atoms with Crippen LogP contribution in [0.4, 0.5) is 0 Å². The summed E-state index contributed by atoms with van der Waals surface area (Å²) in [6, 6.07) is 0.288. The third-order valence-electron chi connectivity index (χ3n) is 13.3. The van der Waals surface area contributed by atoms with Crippen LogP contribution >= 0.6 is 0 Å². The lowest BCUT2D eigenvalue weighted by Crippen LogP contribution is -2.51. The number of hydrogen-bond donors (Lipinski definition) is 4. The van der Waals surface area contributed by atoms with Crippen LogP contribution in [0.1, 0.15) is 195 Å². The van der Waals surface area contributed by atoms with Gasteiger partial charge in [-0.1, -0.05) is 130 Å². The van der Waals surface area contributed by atoms with Gasteiger partial charge in [-0.05, 0) is 75.0 Å². The monoisotopic (exact) mass is 727 g/mol. The Morgan fingerprint density at radius 2 is 0.692 bits per heavy atom. The van der Waals surface area contributed by atoms with E-state index in [2.05, 4.69) is 49.0 Å². The van der Waals surface area contributed by atoms with E-state index in [0.29, 0.717) is 23.7 Å². The lowest BCUT2D eigenvalue weighted by Gasteiger charge is -2.35. The summed E-state index contributed by atoms with van der Waals surface area (Å²) in [5.74, 6) is -0.167. The van der Waals surface area contributed by atoms with Gasteiger partial charge in [0.25, 0.3) is 0 Å². The van der Waals surface area contributed by atoms with Crippen LogP contribution in [0.3, 0.4) is 0 Å². The first kappa shape index (κ1) is 42.6. The van der Waals surface area contributed by atoms with Crippen molar-refractivity contribution in [3.05, 3.63) is 0 Å². The highest BCUT2D eigenvalue weighted by molar-refractivity contribution is 5.94. The number of carbonyl (C=O) groups excluding carboxylic acids is 4. The summed E-state index contributed by atoms with van der Waals surface area (Å²) in [7, 11) is 0. The maximum atomic E-state index is 14.5. The zero-order chi connectivity index (χ0) is 37.3. The number of carbonyl (C=O) groups is 4. The Morgan fingerprint density at radius 1 is 0.423 bits per heavy atom. The molecule has 298 valence electrons. The number of amides is 4. The fourth-order valence-electron chi connectivity index (χ4n) is 10.8. The van der Waals surface area contributed by atoms with Gasteiger partial charge < -0.3 is 21.3 Å². The van der Waals surface area contributed by atoms with Crippen LogP contribution in [0.15, 0.2) is 0 Å². The molecule has 0 aromatic rings. The highest BCUT2D eigenvalue weighted by atomic mass is 16.2. The van der Waals surface area contributed by atoms with E-state index in [1.165, 1.54) is 38.5 Å². The fourth-order valence-corrected chi connectivity index (χ4v) is 10.8. The molecule has 0 radical (unpaired) electrons. The average Bonchev–Trinajstić information content (AvgIpc) is 3.11. The van der Waals surface area contributed by atoms with Crippen molar-refractivity contribution in [2.75, 3.05) is 0 Å². The van der Waals surface area contributed by atoms with E-state index in [9.17, 15) is 19.2 Å². The standard InChI is InChI=1S/C44H78N4O4/c1-5-13-31-17-9-21-35(25-31)45-41(49)29-39(43(51)47-37-23-11-19-33(27-37)15-7-3)40(44(52)48-38-24-12-20-34(28-38)16-8-4)30-42(50)46-36-22-10-18-32(26-36)14-6-2/h31-40H,5-30H2,1-4H3,(H,45,49)(H,46,50)(H,47,51)(H,48,52). The second kappa shape index (κ2) is 22.9. The summed E-state index contributed by atoms with van der Waals surface area (Å²) >= 11 is 0. The SMILES string of the molecule is CCCC1CCCC(NC(=O)CC(C(=O)NC2CCCC(CCC)C2)C(CC(=O)NC2CCCC(CCC)C2)C(=O)NC2CCCC(CCC)C2)C1. The summed E-state index contributed by atoms with van der Waals surface area (Å²) < 4.78 is 0. The van der Waals surface area contributed by atoms with E-state index >= 15 is 0 Å². The molecule has 0 saturated heterocycles. The molecule has 0 heterocycles. The van der Waals surface area contributed by atoms with Gasteiger partial charge in [-0.15, -0.1) is 0 Å². The zero-order valence-electron chi connectivity index (χ0n) is 33.8. The van der Waals surface area contributed by atoms with Crippen LogP contribution in [0.25, 0.3) is 0 Å². The van der Waals surface area contributed by atoms with E-state index in [0.717, 1.165) is 116 Å². The van der Waals surface area contributed by atoms with Crippen LogP contribution in [0.2, 0.25) is 0 Å². The van der Waals surface area contributed by atoms with Crippen LogP contribution < -0.4 is 21.3 Å². The van der Waals surface area contributed by atoms with Gasteiger partial charge in [-0.3, -0.25) is 19.2 Å². The molecule has 4 fully saturated rings. The van der Waals surface area contributed by atoms with Crippen LogP contribution in [-0.4, -0.2) is 47.8 Å². The Morgan fingerprint density at radius 3 is 0.962 bits per heavy atom. The Bertz CT molecular complexity index is 1010. The summed E-state index contributed by atoms with van der Waals surface area (Å²) in [6.07, 6.45) is 25.9. The first-order valence-electron chi connectivity index (χ1n) is 22.4. The molecule has 0 aromatic heterocycles.